The summed E-state index contributed by atoms with van der Waals surface area (Å²) < 4.78 is 2.07. The fraction of sp³-hybridized carbons (Fsp3) is 0.500. The van der Waals surface area contributed by atoms with Crippen molar-refractivity contribution >= 4 is 33.5 Å². The van der Waals surface area contributed by atoms with Gasteiger partial charge in [0.1, 0.15) is 5.82 Å². The molecule has 0 aliphatic carbocycles. The third-order valence-corrected chi connectivity index (χ3v) is 7.82. The lowest BCUT2D eigenvalue weighted by molar-refractivity contribution is 0.102. The van der Waals surface area contributed by atoms with E-state index in [1.165, 1.54) is 50.6 Å². The van der Waals surface area contributed by atoms with E-state index in [1.807, 2.05) is 37.4 Å². The molecule has 1 aliphatic heterocycles. The molecular formula is C30H40N6O. The van der Waals surface area contributed by atoms with Crippen LogP contribution in [0.3, 0.4) is 0 Å². The van der Waals surface area contributed by atoms with Gasteiger partial charge in [0.05, 0.1) is 16.7 Å². The zero-order valence-electron chi connectivity index (χ0n) is 22.5. The molecule has 196 valence electrons. The highest BCUT2D eigenvalue weighted by molar-refractivity contribution is 6.06. The molecule has 4 aromatic rings. The SMILES string of the molecule is CCCCCCCCCn1nc(C)c2ccc(C(=O)Nc3cc4[nH]c(C5CCCN5C)cc4cn3)cc21. The number of pyridine rings is 1. The van der Waals surface area contributed by atoms with E-state index in [2.05, 4.69) is 44.9 Å². The van der Waals surface area contributed by atoms with E-state index in [9.17, 15) is 4.79 Å². The van der Waals surface area contributed by atoms with Crippen molar-refractivity contribution < 1.29 is 4.79 Å². The summed E-state index contributed by atoms with van der Waals surface area (Å²) in [5, 5.41) is 9.93. The molecule has 1 unspecified atom stereocenters. The van der Waals surface area contributed by atoms with Crippen LogP contribution < -0.4 is 5.32 Å². The van der Waals surface area contributed by atoms with Crippen LogP contribution in [0.2, 0.25) is 0 Å². The molecular weight excluding hydrogens is 460 g/mol. The normalized spacial score (nSPS) is 16.2. The van der Waals surface area contributed by atoms with E-state index in [1.54, 1.807) is 0 Å². The second kappa shape index (κ2) is 11.5. The van der Waals surface area contributed by atoms with Crippen molar-refractivity contribution in [1.29, 1.82) is 0 Å². The number of amides is 1. The molecule has 1 fully saturated rings. The van der Waals surface area contributed by atoms with Crippen LogP contribution in [0.25, 0.3) is 21.8 Å². The zero-order valence-corrected chi connectivity index (χ0v) is 22.5. The number of unbranched alkanes of at least 4 members (excludes halogenated alkanes) is 6. The Labute approximate surface area is 219 Å². The monoisotopic (exact) mass is 500 g/mol. The number of rotatable bonds is 11. The van der Waals surface area contributed by atoms with Crippen LogP contribution in [0, 0.1) is 6.92 Å². The van der Waals surface area contributed by atoms with Gasteiger partial charge in [-0.3, -0.25) is 14.4 Å². The minimum absolute atomic E-state index is 0.155. The molecule has 1 saturated heterocycles. The highest BCUT2D eigenvalue weighted by Gasteiger charge is 2.24. The van der Waals surface area contributed by atoms with E-state index in [4.69, 9.17) is 5.10 Å². The Hall–Kier alpha value is -3.19. The number of carbonyl (C=O) groups excluding carboxylic acids is 1. The summed E-state index contributed by atoms with van der Waals surface area (Å²) >= 11 is 0. The molecule has 5 rings (SSSR count). The maximum absolute atomic E-state index is 13.2. The van der Waals surface area contributed by atoms with Gasteiger partial charge in [-0.05, 0) is 58.0 Å². The lowest BCUT2D eigenvalue weighted by Crippen LogP contribution is -2.17. The number of aryl methyl sites for hydroxylation is 2. The highest BCUT2D eigenvalue weighted by atomic mass is 16.1. The second-order valence-corrected chi connectivity index (χ2v) is 10.6. The molecule has 4 heterocycles. The highest BCUT2D eigenvalue weighted by Crippen LogP contribution is 2.32. The topological polar surface area (TPSA) is 78.8 Å². The van der Waals surface area contributed by atoms with Crippen molar-refractivity contribution in [2.24, 2.45) is 0 Å². The maximum atomic E-state index is 13.2. The molecule has 2 N–H and O–H groups in total. The predicted molar refractivity (Wildman–Crippen MR) is 151 cm³/mol. The summed E-state index contributed by atoms with van der Waals surface area (Å²) in [4.78, 5) is 23.6. The van der Waals surface area contributed by atoms with E-state index < -0.39 is 0 Å². The molecule has 0 bridgehead atoms. The minimum atomic E-state index is -0.155. The standard InChI is InChI=1S/C30H40N6O/c1-4-5-6-7-8-9-10-16-36-28-18-22(13-14-24(28)21(2)34-36)30(37)33-29-19-25-23(20-31-29)17-26(32-25)27-12-11-15-35(27)3/h13-14,17-20,27,32H,4-12,15-16H2,1-3H3,(H,31,33,37). The van der Waals surface area contributed by atoms with Crippen LogP contribution in [-0.4, -0.2) is 44.1 Å². The molecule has 3 aromatic heterocycles. The number of hydrogen-bond donors (Lipinski definition) is 2. The van der Waals surface area contributed by atoms with Crippen molar-refractivity contribution in [3.8, 4) is 0 Å². The Bertz CT molecular complexity index is 1370. The van der Waals surface area contributed by atoms with Gasteiger partial charge >= 0.3 is 0 Å². The molecule has 7 heteroatoms. The number of nitrogens with one attached hydrogen (secondary N) is 2. The zero-order chi connectivity index (χ0) is 25.8. The van der Waals surface area contributed by atoms with Gasteiger partial charge in [0.15, 0.2) is 0 Å². The number of aromatic nitrogens is 4. The molecule has 7 nitrogen and oxygen atoms in total. The van der Waals surface area contributed by atoms with Crippen molar-refractivity contribution in [1.82, 2.24) is 24.6 Å². The lowest BCUT2D eigenvalue weighted by Gasteiger charge is -2.17. The van der Waals surface area contributed by atoms with E-state index in [0.29, 0.717) is 17.4 Å². The number of anilines is 1. The van der Waals surface area contributed by atoms with Gasteiger partial charge in [-0.15, -0.1) is 0 Å². The number of H-pyrrole nitrogens is 1. The van der Waals surface area contributed by atoms with Crippen LogP contribution in [0.4, 0.5) is 5.82 Å². The minimum Gasteiger partial charge on any atom is -0.357 e. The molecule has 0 spiro atoms. The van der Waals surface area contributed by atoms with Crippen LogP contribution in [0.15, 0.2) is 36.5 Å². The van der Waals surface area contributed by atoms with Crippen LogP contribution >= 0.6 is 0 Å². The Balaban J connectivity index is 1.26. The first kappa shape index (κ1) is 25.5. The van der Waals surface area contributed by atoms with Crippen LogP contribution in [-0.2, 0) is 6.54 Å². The summed E-state index contributed by atoms with van der Waals surface area (Å²) in [5.74, 6) is 0.399. The summed E-state index contributed by atoms with van der Waals surface area (Å²) in [5.41, 5.74) is 4.87. The number of fused-ring (bicyclic) bond motifs is 2. The van der Waals surface area contributed by atoms with Gasteiger partial charge in [-0.2, -0.15) is 5.10 Å². The van der Waals surface area contributed by atoms with Crippen LogP contribution in [0.1, 0.15) is 92.5 Å². The molecule has 1 aliphatic rings. The van der Waals surface area contributed by atoms with Gasteiger partial charge < -0.3 is 10.3 Å². The molecule has 1 atom stereocenters. The fourth-order valence-electron chi connectivity index (χ4n) is 5.66. The second-order valence-electron chi connectivity index (χ2n) is 10.6. The molecule has 37 heavy (non-hydrogen) atoms. The average molecular weight is 501 g/mol. The third-order valence-electron chi connectivity index (χ3n) is 7.82. The number of likely N-dealkylation sites (tertiary alicyclic amines) is 1. The predicted octanol–water partition coefficient (Wildman–Crippen LogP) is 6.99. The number of aromatic amines is 1. The maximum Gasteiger partial charge on any atom is 0.256 e. The molecule has 1 amide bonds. The lowest BCUT2D eigenvalue weighted by atomic mass is 10.1. The third kappa shape index (κ3) is 5.72. The van der Waals surface area contributed by atoms with Gasteiger partial charge in [0.2, 0.25) is 0 Å². The van der Waals surface area contributed by atoms with Gasteiger partial charge in [-0.1, -0.05) is 51.5 Å². The van der Waals surface area contributed by atoms with E-state index >= 15 is 0 Å². The Morgan fingerprint density at radius 2 is 1.92 bits per heavy atom. The van der Waals surface area contributed by atoms with Gasteiger partial charge in [-0.25, -0.2) is 4.98 Å². The van der Waals surface area contributed by atoms with Crippen LogP contribution in [0.5, 0.6) is 0 Å². The number of hydrogen-bond acceptors (Lipinski definition) is 4. The summed E-state index contributed by atoms with van der Waals surface area (Å²) in [6, 6.07) is 10.4. The first-order chi connectivity index (χ1) is 18.0. The number of carbonyl (C=O) groups is 1. The van der Waals surface area contributed by atoms with E-state index in [0.717, 1.165) is 53.4 Å². The van der Waals surface area contributed by atoms with Crippen molar-refractivity contribution in [2.75, 3.05) is 18.9 Å². The Morgan fingerprint density at radius 1 is 1.11 bits per heavy atom. The Kier molecular flexibility index (Phi) is 7.89. The van der Waals surface area contributed by atoms with Crippen molar-refractivity contribution in [2.45, 2.75) is 84.2 Å². The smallest absolute Gasteiger partial charge is 0.256 e. The number of nitrogens with zero attached hydrogens (tertiary/aromatic N) is 4. The quantitative estimate of drug-likeness (QED) is 0.218. The molecule has 0 saturated carbocycles. The molecule has 0 radical (unpaired) electrons. The summed E-state index contributed by atoms with van der Waals surface area (Å²) in [6.45, 7) is 6.30. The van der Waals surface area contributed by atoms with Gasteiger partial charge in [0.25, 0.3) is 5.91 Å². The summed E-state index contributed by atoms with van der Waals surface area (Å²) in [7, 11) is 2.17. The van der Waals surface area contributed by atoms with E-state index in [-0.39, 0.29) is 5.91 Å². The summed E-state index contributed by atoms with van der Waals surface area (Å²) in [6.07, 6.45) is 13.1. The Morgan fingerprint density at radius 3 is 2.70 bits per heavy atom. The molecule has 1 aromatic carbocycles. The number of benzene rings is 1. The average Bonchev–Trinajstić information content (AvgIpc) is 3.59. The first-order valence-corrected chi connectivity index (χ1v) is 14.0. The fourth-order valence-corrected chi connectivity index (χ4v) is 5.66. The van der Waals surface area contributed by atoms with Gasteiger partial charge in [0, 0.05) is 46.9 Å². The van der Waals surface area contributed by atoms with Crippen molar-refractivity contribution in [3.63, 3.8) is 0 Å². The van der Waals surface area contributed by atoms with Crippen molar-refractivity contribution in [3.05, 3.63) is 53.5 Å². The first-order valence-electron chi connectivity index (χ1n) is 14.0. The largest absolute Gasteiger partial charge is 0.357 e.